The van der Waals surface area contributed by atoms with E-state index >= 15 is 0 Å². The van der Waals surface area contributed by atoms with Gasteiger partial charge < -0.3 is 5.32 Å². The molecular formula is C14H22FN. The molecule has 0 aliphatic heterocycles. The molecule has 0 spiro atoms. The van der Waals surface area contributed by atoms with Crippen LogP contribution in [0.3, 0.4) is 0 Å². The van der Waals surface area contributed by atoms with Crippen molar-refractivity contribution >= 4 is 0 Å². The fourth-order valence-corrected chi connectivity index (χ4v) is 1.82. The van der Waals surface area contributed by atoms with Gasteiger partial charge in [0.1, 0.15) is 5.82 Å². The molecule has 2 atom stereocenters. The fourth-order valence-electron chi connectivity index (χ4n) is 1.82. The largest absolute Gasteiger partial charge is 0.313 e. The van der Waals surface area contributed by atoms with Gasteiger partial charge in [-0.2, -0.15) is 0 Å². The molecule has 1 aromatic carbocycles. The first-order valence-electron chi connectivity index (χ1n) is 6.01. The summed E-state index contributed by atoms with van der Waals surface area (Å²) in [6, 6.07) is 5.77. The average molecular weight is 223 g/mol. The van der Waals surface area contributed by atoms with Crippen LogP contribution in [0.2, 0.25) is 0 Å². The van der Waals surface area contributed by atoms with Crippen LogP contribution in [0.4, 0.5) is 4.39 Å². The van der Waals surface area contributed by atoms with Crippen LogP contribution < -0.4 is 5.32 Å². The third kappa shape index (κ3) is 3.31. The van der Waals surface area contributed by atoms with Gasteiger partial charge in [0, 0.05) is 6.04 Å². The molecule has 2 heteroatoms. The minimum absolute atomic E-state index is 0.109. The highest BCUT2D eigenvalue weighted by molar-refractivity contribution is 5.25. The van der Waals surface area contributed by atoms with E-state index in [4.69, 9.17) is 0 Å². The van der Waals surface area contributed by atoms with E-state index in [1.165, 1.54) is 0 Å². The topological polar surface area (TPSA) is 12.0 Å². The molecule has 0 aliphatic rings. The molecule has 90 valence electrons. The Morgan fingerprint density at radius 2 is 2.06 bits per heavy atom. The van der Waals surface area contributed by atoms with Crippen molar-refractivity contribution in [2.24, 2.45) is 5.92 Å². The summed E-state index contributed by atoms with van der Waals surface area (Å²) in [6.45, 7) is 6.21. The Balaban J connectivity index is 2.82. The Morgan fingerprint density at radius 3 is 2.56 bits per heavy atom. The van der Waals surface area contributed by atoms with Gasteiger partial charge in [0.15, 0.2) is 0 Å². The molecule has 0 bridgehead atoms. The number of halogens is 1. The highest BCUT2D eigenvalue weighted by Crippen LogP contribution is 2.24. The number of hydrogen-bond donors (Lipinski definition) is 1. The highest BCUT2D eigenvalue weighted by atomic mass is 19.1. The van der Waals surface area contributed by atoms with E-state index in [-0.39, 0.29) is 11.9 Å². The number of hydrogen-bond acceptors (Lipinski definition) is 1. The third-order valence-electron chi connectivity index (χ3n) is 3.28. The first kappa shape index (κ1) is 13.2. The second-order valence-electron chi connectivity index (χ2n) is 4.60. The Hall–Kier alpha value is -0.890. The fraction of sp³-hybridized carbons (Fsp3) is 0.571. The maximum absolute atomic E-state index is 13.5. The van der Waals surface area contributed by atoms with E-state index in [0.717, 1.165) is 18.4 Å². The molecular weight excluding hydrogens is 201 g/mol. The van der Waals surface area contributed by atoms with Gasteiger partial charge >= 0.3 is 0 Å². The highest BCUT2D eigenvalue weighted by Gasteiger charge is 2.13. The summed E-state index contributed by atoms with van der Waals surface area (Å²) in [6.07, 6.45) is 2.21. The van der Waals surface area contributed by atoms with E-state index < -0.39 is 0 Å². The normalized spacial score (nSPS) is 14.8. The minimum atomic E-state index is -0.109. The van der Waals surface area contributed by atoms with Crippen molar-refractivity contribution in [3.63, 3.8) is 0 Å². The van der Waals surface area contributed by atoms with Gasteiger partial charge in [0.2, 0.25) is 0 Å². The summed E-state index contributed by atoms with van der Waals surface area (Å²) >= 11 is 0. The van der Waals surface area contributed by atoms with Gasteiger partial charge in [-0.15, -0.1) is 0 Å². The average Bonchev–Trinajstić information content (AvgIpc) is 2.29. The zero-order valence-electron chi connectivity index (χ0n) is 10.7. The predicted molar refractivity (Wildman–Crippen MR) is 67.0 cm³/mol. The van der Waals surface area contributed by atoms with Gasteiger partial charge in [0.05, 0.1) is 0 Å². The monoisotopic (exact) mass is 223 g/mol. The van der Waals surface area contributed by atoms with Crippen LogP contribution in [-0.2, 0) is 0 Å². The van der Waals surface area contributed by atoms with Gasteiger partial charge in [-0.3, -0.25) is 0 Å². The zero-order valence-corrected chi connectivity index (χ0v) is 10.7. The second-order valence-corrected chi connectivity index (χ2v) is 4.60. The summed E-state index contributed by atoms with van der Waals surface area (Å²) in [7, 11) is 1.94. The van der Waals surface area contributed by atoms with Crippen LogP contribution in [0.1, 0.15) is 43.9 Å². The lowest BCUT2D eigenvalue weighted by atomic mass is 9.94. The van der Waals surface area contributed by atoms with Crippen LogP contribution in [0.25, 0.3) is 0 Å². The summed E-state index contributed by atoms with van der Waals surface area (Å²) < 4.78 is 13.5. The molecule has 1 N–H and O–H groups in total. The van der Waals surface area contributed by atoms with Gasteiger partial charge in [-0.25, -0.2) is 4.39 Å². The molecule has 0 aliphatic carbocycles. The minimum Gasteiger partial charge on any atom is -0.313 e. The lowest BCUT2D eigenvalue weighted by molar-refractivity contribution is 0.420. The van der Waals surface area contributed by atoms with E-state index in [2.05, 4.69) is 19.2 Å². The maximum atomic E-state index is 13.5. The molecule has 1 aromatic rings. The zero-order chi connectivity index (χ0) is 12.1. The molecule has 1 rings (SSSR count). The molecule has 0 heterocycles. The predicted octanol–water partition coefficient (Wildman–Crippen LogP) is 3.83. The van der Waals surface area contributed by atoms with Gasteiger partial charge in [-0.05, 0) is 43.5 Å². The van der Waals surface area contributed by atoms with Crippen LogP contribution in [0.5, 0.6) is 0 Å². The Labute approximate surface area is 98.1 Å². The Morgan fingerprint density at radius 1 is 1.38 bits per heavy atom. The van der Waals surface area contributed by atoms with Gasteiger partial charge in [0.25, 0.3) is 0 Å². The molecule has 2 unspecified atom stereocenters. The summed E-state index contributed by atoms with van der Waals surface area (Å²) in [4.78, 5) is 0. The number of aryl methyl sites for hydroxylation is 1. The van der Waals surface area contributed by atoms with Crippen molar-refractivity contribution in [2.45, 2.75) is 39.7 Å². The number of benzene rings is 1. The quantitative estimate of drug-likeness (QED) is 0.800. The van der Waals surface area contributed by atoms with Crippen molar-refractivity contribution in [1.29, 1.82) is 0 Å². The molecule has 0 saturated heterocycles. The van der Waals surface area contributed by atoms with Crippen LogP contribution in [0.15, 0.2) is 18.2 Å². The Bertz CT molecular complexity index is 336. The van der Waals surface area contributed by atoms with Crippen molar-refractivity contribution in [2.75, 3.05) is 7.05 Å². The van der Waals surface area contributed by atoms with Crippen molar-refractivity contribution in [3.05, 3.63) is 35.1 Å². The molecule has 0 aromatic heterocycles. The molecule has 0 fully saturated rings. The SMILES string of the molecule is CCC(C)CC(NC)c1ccc(C)c(F)c1. The van der Waals surface area contributed by atoms with E-state index in [1.807, 2.05) is 19.2 Å². The van der Waals surface area contributed by atoms with E-state index in [9.17, 15) is 4.39 Å². The summed E-state index contributed by atoms with van der Waals surface area (Å²) in [5.41, 5.74) is 1.76. The molecule has 0 saturated carbocycles. The summed E-state index contributed by atoms with van der Waals surface area (Å²) in [5.74, 6) is 0.545. The lowest BCUT2D eigenvalue weighted by Gasteiger charge is -2.20. The van der Waals surface area contributed by atoms with Crippen molar-refractivity contribution < 1.29 is 4.39 Å². The van der Waals surface area contributed by atoms with Crippen molar-refractivity contribution in [3.8, 4) is 0 Å². The summed E-state index contributed by atoms with van der Waals surface area (Å²) in [5, 5.41) is 3.26. The third-order valence-corrected chi connectivity index (χ3v) is 3.28. The maximum Gasteiger partial charge on any atom is 0.126 e. The molecule has 16 heavy (non-hydrogen) atoms. The van der Waals surface area contributed by atoms with E-state index in [0.29, 0.717) is 11.5 Å². The van der Waals surface area contributed by atoms with Crippen LogP contribution >= 0.6 is 0 Å². The second kappa shape index (κ2) is 6.00. The first-order valence-corrected chi connectivity index (χ1v) is 6.01. The lowest BCUT2D eigenvalue weighted by Crippen LogP contribution is -2.19. The molecule has 1 nitrogen and oxygen atoms in total. The standard InChI is InChI=1S/C14H22FN/c1-5-10(2)8-14(16-4)12-7-6-11(3)13(15)9-12/h6-7,9-10,14,16H,5,8H2,1-4H3. The van der Waals surface area contributed by atoms with Gasteiger partial charge in [-0.1, -0.05) is 32.4 Å². The smallest absolute Gasteiger partial charge is 0.126 e. The molecule has 0 radical (unpaired) electrons. The van der Waals surface area contributed by atoms with Crippen molar-refractivity contribution in [1.82, 2.24) is 5.32 Å². The Kier molecular flexibility index (Phi) is 4.94. The number of nitrogens with one attached hydrogen (secondary N) is 1. The van der Waals surface area contributed by atoms with Crippen LogP contribution in [-0.4, -0.2) is 7.05 Å². The van der Waals surface area contributed by atoms with Crippen LogP contribution in [0, 0.1) is 18.7 Å². The molecule has 0 amide bonds. The number of rotatable bonds is 5. The first-order chi connectivity index (χ1) is 7.58. The van der Waals surface area contributed by atoms with E-state index in [1.54, 1.807) is 13.0 Å².